The Hall–Kier alpha value is -2.63. The van der Waals surface area contributed by atoms with Crippen molar-refractivity contribution in [2.24, 2.45) is 0 Å². The largest absolute Gasteiger partial charge is 0.785 e. The molecule has 0 bridgehead atoms. The summed E-state index contributed by atoms with van der Waals surface area (Å²) >= 11 is 0. The van der Waals surface area contributed by atoms with Crippen LogP contribution in [0.5, 0.6) is 5.75 Å². The van der Waals surface area contributed by atoms with Gasteiger partial charge < -0.3 is 20.3 Å². The molecule has 0 radical (unpaired) electrons. The Morgan fingerprint density at radius 2 is 1.83 bits per heavy atom. The average molecular weight is 323 g/mol. The molecule has 0 saturated carbocycles. The third kappa shape index (κ3) is 4.22. The van der Waals surface area contributed by atoms with Crippen LogP contribution >= 0.6 is 0 Å². The number of hydrogen-bond donors (Lipinski definition) is 1. The van der Waals surface area contributed by atoms with Crippen LogP contribution < -0.4 is 10.1 Å². The maximum atomic E-state index is 12.0. The quantitative estimate of drug-likeness (QED) is 0.887. The molecule has 3 rings (SSSR count). The van der Waals surface area contributed by atoms with Crippen LogP contribution in [0.25, 0.3) is 6.08 Å². The van der Waals surface area contributed by atoms with Gasteiger partial charge in [-0.3, -0.25) is 4.79 Å². The molecule has 2 aromatic rings. The van der Waals surface area contributed by atoms with Crippen molar-refractivity contribution in [1.29, 1.82) is 0 Å². The smallest absolute Gasteiger partial charge is 0.258 e. The maximum absolute atomic E-state index is 12.0. The molecule has 1 saturated heterocycles. The molecule has 2 unspecified atom stereocenters. The van der Waals surface area contributed by atoms with E-state index >= 15 is 0 Å². The summed E-state index contributed by atoms with van der Waals surface area (Å²) in [6.07, 6.45) is 3.73. The van der Waals surface area contributed by atoms with Crippen LogP contribution in [-0.4, -0.2) is 36.2 Å². The summed E-state index contributed by atoms with van der Waals surface area (Å²) in [4.78, 5) is 12.0. The SMILES string of the molecule is O=C(COc1ccccc1)NC1CN([O-])C1C=Cc1ccccc1. The van der Waals surface area contributed by atoms with Crippen LogP contribution in [0.4, 0.5) is 0 Å². The number of ether oxygens (including phenoxy) is 1. The van der Waals surface area contributed by atoms with Gasteiger partial charge in [0, 0.05) is 12.6 Å². The summed E-state index contributed by atoms with van der Waals surface area (Å²) in [6.45, 7) is 0.232. The predicted octanol–water partition coefficient (Wildman–Crippen LogP) is 2.45. The highest BCUT2D eigenvalue weighted by atomic mass is 16.5. The van der Waals surface area contributed by atoms with E-state index in [-0.39, 0.29) is 24.6 Å². The molecule has 1 N–H and O–H groups in total. The lowest BCUT2D eigenvalue weighted by atomic mass is 9.98. The maximum Gasteiger partial charge on any atom is 0.258 e. The first-order valence-electron chi connectivity index (χ1n) is 7.86. The zero-order valence-corrected chi connectivity index (χ0v) is 13.2. The molecule has 2 atom stereocenters. The van der Waals surface area contributed by atoms with Crippen LogP contribution in [0.1, 0.15) is 5.56 Å². The van der Waals surface area contributed by atoms with Crippen LogP contribution in [0, 0.1) is 5.21 Å². The minimum atomic E-state index is -0.342. The molecule has 0 aliphatic carbocycles. The van der Waals surface area contributed by atoms with E-state index in [9.17, 15) is 10.0 Å². The first kappa shape index (κ1) is 16.2. The van der Waals surface area contributed by atoms with Crippen LogP contribution in [0.2, 0.25) is 0 Å². The van der Waals surface area contributed by atoms with Crippen LogP contribution in [0.15, 0.2) is 66.7 Å². The average Bonchev–Trinajstić information content (AvgIpc) is 2.61. The molecule has 124 valence electrons. The fourth-order valence-electron chi connectivity index (χ4n) is 2.54. The summed E-state index contributed by atoms with van der Waals surface area (Å²) in [5.74, 6) is 0.419. The van der Waals surface area contributed by atoms with E-state index in [4.69, 9.17) is 4.74 Å². The number of carbonyl (C=O) groups is 1. The molecular formula is C19H19N2O3-. The molecule has 24 heavy (non-hydrogen) atoms. The number of hydroxylamine groups is 2. The van der Waals surface area contributed by atoms with Gasteiger partial charge in [-0.25, -0.2) is 0 Å². The number of rotatable bonds is 6. The Bertz CT molecular complexity index is 688. The van der Waals surface area contributed by atoms with Crippen molar-refractivity contribution < 1.29 is 9.53 Å². The van der Waals surface area contributed by atoms with E-state index in [0.29, 0.717) is 12.3 Å². The molecule has 5 heteroatoms. The second-order valence-corrected chi connectivity index (χ2v) is 5.64. The number of nitrogens with zero attached hydrogens (tertiary/aromatic N) is 1. The minimum absolute atomic E-state index is 0.0610. The van der Waals surface area contributed by atoms with Crippen molar-refractivity contribution in [2.75, 3.05) is 13.2 Å². The van der Waals surface area contributed by atoms with Gasteiger partial charge in [-0.05, 0) is 17.7 Å². The van der Waals surface area contributed by atoms with E-state index in [1.54, 1.807) is 12.1 Å². The predicted molar refractivity (Wildman–Crippen MR) is 93.2 cm³/mol. The summed E-state index contributed by atoms with van der Waals surface area (Å²) in [6, 6.07) is 18.4. The number of hydrogen-bond acceptors (Lipinski definition) is 4. The number of carbonyl (C=O) groups excluding carboxylic acids is 1. The summed E-state index contributed by atoms with van der Waals surface area (Å²) in [7, 11) is 0. The van der Waals surface area contributed by atoms with Gasteiger partial charge in [-0.15, -0.1) is 0 Å². The fourth-order valence-corrected chi connectivity index (χ4v) is 2.54. The summed E-state index contributed by atoms with van der Waals surface area (Å²) in [5.41, 5.74) is 1.02. The lowest BCUT2D eigenvalue weighted by Crippen LogP contribution is -2.64. The third-order valence-electron chi connectivity index (χ3n) is 3.87. The van der Waals surface area contributed by atoms with E-state index < -0.39 is 0 Å². The van der Waals surface area contributed by atoms with Gasteiger partial charge in [-0.1, -0.05) is 60.7 Å². The monoisotopic (exact) mass is 323 g/mol. The van der Waals surface area contributed by atoms with Gasteiger partial charge in [0.15, 0.2) is 6.61 Å². The Morgan fingerprint density at radius 3 is 2.50 bits per heavy atom. The summed E-state index contributed by atoms with van der Waals surface area (Å²) in [5, 5.41) is 15.5. The molecule has 1 aliphatic heterocycles. The van der Waals surface area contributed by atoms with Crippen molar-refractivity contribution in [1.82, 2.24) is 10.4 Å². The van der Waals surface area contributed by atoms with Gasteiger partial charge in [0.2, 0.25) is 0 Å². The Morgan fingerprint density at radius 1 is 1.17 bits per heavy atom. The normalized spacial score (nSPS) is 20.5. The van der Waals surface area contributed by atoms with E-state index in [0.717, 1.165) is 10.6 Å². The van der Waals surface area contributed by atoms with Crippen molar-refractivity contribution >= 4 is 12.0 Å². The Kier molecular flexibility index (Phi) is 5.25. The molecule has 0 spiro atoms. The molecule has 1 amide bonds. The van der Waals surface area contributed by atoms with Crippen LogP contribution in [0.3, 0.4) is 0 Å². The minimum Gasteiger partial charge on any atom is -0.785 e. The van der Waals surface area contributed by atoms with Crippen molar-refractivity contribution in [3.8, 4) is 5.75 Å². The highest BCUT2D eigenvalue weighted by molar-refractivity contribution is 5.78. The topological polar surface area (TPSA) is 64.6 Å². The number of benzene rings is 2. The number of amides is 1. The molecule has 1 aliphatic rings. The van der Waals surface area contributed by atoms with Gasteiger partial charge in [0.25, 0.3) is 5.91 Å². The van der Waals surface area contributed by atoms with E-state index in [2.05, 4.69) is 5.32 Å². The van der Waals surface area contributed by atoms with Crippen molar-refractivity contribution in [3.63, 3.8) is 0 Å². The molecular weight excluding hydrogens is 304 g/mol. The molecule has 0 aromatic heterocycles. The highest BCUT2D eigenvalue weighted by Gasteiger charge is 2.32. The second kappa shape index (κ2) is 7.77. The number of para-hydroxylation sites is 1. The molecule has 2 aromatic carbocycles. The van der Waals surface area contributed by atoms with Crippen molar-refractivity contribution in [3.05, 3.63) is 77.5 Å². The zero-order chi connectivity index (χ0) is 16.8. The molecule has 5 nitrogen and oxygen atoms in total. The van der Waals surface area contributed by atoms with Gasteiger partial charge in [0.1, 0.15) is 5.75 Å². The molecule has 1 heterocycles. The third-order valence-corrected chi connectivity index (χ3v) is 3.87. The van der Waals surface area contributed by atoms with Gasteiger partial charge in [-0.2, -0.15) is 0 Å². The summed E-state index contributed by atoms with van der Waals surface area (Å²) < 4.78 is 5.41. The number of nitrogens with one attached hydrogen (secondary N) is 1. The van der Waals surface area contributed by atoms with Crippen molar-refractivity contribution in [2.45, 2.75) is 12.1 Å². The standard InChI is InChI=1S/C19H19N2O3/c22-19(14-24-16-9-5-2-6-10-16)20-17-13-21(23)18(17)12-11-15-7-3-1-4-8-15/h1-12,17-18H,13-14H2,(H,20,22)/q-1. The fraction of sp³-hybridized carbons (Fsp3) is 0.211. The first-order valence-corrected chi connectivity index (χ1v) is 7.86. The highest BCUT2D eigenvalue weighted by Crippen LogP contribution is 2.19. The zero-order valence-electron chi connectivity index (χ0n) is 13.2. The first-order chi connectivity index (χ1) is 11.7. The Labute approximate surface area is 141 Å². The van der Waals surface area contributed by atoms with Gasteiger partial charge >= 0.3 is 0 Å². The van der Waals surface area contributed by atoms with Crippen LogP contribution in [-0.2, 0) is 4.79 Å². The molecule has 1 fully saturated rings. The lowest BCUT2D eigenvalue weighted by molar-refractivity contribution is -0.125. The lowest BCUT2D eigenvalue weighted by Gasteiger charge is -2.51. The second-order valence-electron chi connectivity index (χ2n) is 5.64. The van der Waals surface area contributed by atoms with E-state index in [1.807, 2.05) is 60.7 Å². The Balaban J connectivity index is 1.49. The van der Waals surface area contributed by atoms with Gasteiger partial charge in [0.05, 0.1) is 6.04 Å². The van der Waals surface area contributed by atoms with E-state index in [1.165, 1.54) is 0 Å².